The highest BCUT2D eigenvalue weighted by Crippen LogP contribution is 2.33. The van der Waals surface area contributed by atoms with E-state index in [1.807, 2.05) is 4.90 Å². The molecule has 1 unspecified atom stereocenters. The number of furan rings is 1. The Balaban J connectivity index is 1.52. The Morgan fingerprint density at radius 1 is 0.956 bits per heavy atom. The molecule has 0 bridgehead atoms. The highest BCUT2D eigenvalue weighted by molar-refractivity contribution is 5.84. The number of halogens is 4. The van der Waals surface area contributed by atoms with Crippen molar-refractivity contribution in [1.29, 1.82) is 0 Å². The second-order valence-electron chi connectivity index (χ2n) is 10.8. The van der Waals surface area contributed by atoms with Crippen molar-refractivity contribution in [2.24, 2.45) is 5.73 Å². The van der Waals surface area contributed by atoms with Crippen molar-refractivity contribution in [3.63, 3.8) is 0 Å². The third kappa shape index (κ3) is 6.71. The number of piperazine rings is 1. The normalized spacial score (nSPS) is 14.9. The van der Waals surface area contributed by atoms with Crippen molar-refractivity contribution in [2.75, 3.05) is 31.1 Å². The number of nitrogens with zero attached hydrogens (tertiary/aromatic N) is 4. The number of anilines is 1. The molecule has 4 aromatic rings. The summed E-state index contributed by atoms with van der Waals surface area (Å²) in [6.07, 6.45) is -4.88. The minimum Gasteiger partial charge on any atom is -0.475 e. The molecular weight excluding hydrogens is 598 g/mol. The van der Waals surface area contributed by atoms with Gasteiger partial charge < -0.3 is 20.2 Å². The summed E-state index contributed by atoms with van der Waals surface area (Å²) in [6, 6.07) is 13.5. The number of benzene rings is 2. The lowest BCUT2D eigenvalue weighted by Crippen LogP contribution is -2.51. The van der Waals surface area contributed by atoms with E-state index in [-0.39, 0.29) is 23.7 Å². The molecule has 0 aliphatic carbocycles. The predicted molar refractivity (Wildman–Crippen MR) is 157 cm³/mol. The van der Waals surface area contributed by atoms with Crippen LogP contribution in [0.2, 0.25) is 0 Å². The van der Waals surface area contributed by atoms with E-state index in [0.29, 0.717) is 44.0 Å². The van der Waals surface area contributed by atoms with Crippen LogP contribution in [-0.4, -0.2) is 51.3 Å². The van der Waals surface area contributed by atoms with Crippen molar-refractivity contribution in [1.82, 2.24) is 14.0 Å². The molecule has 0 spiro atoms. The first-order valence-electron chi connectivity index (χ1n) is 14.1. The number of nitrogens with two attached hydrogens (primary N) is 1. The lowest BCUT2D eigenvalue weighted by molar-refractivity contribution is -0.138. The van der Waals surface area contributed by atoms with Crippen LogP contribution >= 0.6 is 0 Å². The van der Waals surface area contributed by atoms with Gasteiger partial charge in [0.2, 0.25) is 5.76 Å². The molecule has 5 rings (SSSR count). The van der Waals surface area contributed by atoms with E-state index in [4.69, 9.17) is 15.3 Å². The summed E-state index contributed by atoms with van der Waals surface area (Å²) in [7, 11) is 0. The maximum Gasteiger partial charge on any atom is 0.416 e. The van der Waals surface area contributed by atoms with Crippen LogP contribution in [0.5, 0.6) is 0 Å². The van der Waals surface area contributed by atoms with Gasteiger partial charge in [0, 0.05) is 43.5 Å². The van der Waals surface area contributed by atoms with Gasteiger partial charge in [0.05, 0.1) is 25.2 Å². The first-order chi connectivity index (χ1) is 21.3. The largest absolute Gasteiger partial charge is 0.475 e. The molecule has 238 valence electrons. The second kappa shape index (κ2) is 12.7. The molecule has 0 radical (unpaired) electrons. The molecule has 3 N–H and O–H groups in total. The van der Waals surface area contributed by atoms with Gasteiger partial charge in [-0.05, 0) is 36.8 Å². The zero-order valence-electron chi connectivity index (χ0n) is 24.3. The standard InChI is InChI=1S/C31H31F4N5O5/c1-19-27(38-14-12-37(13-15-38)16-21-10-11-26(45-21)29(42)43)28(41)40(18-25(36)20-6-3-2-4-7-20)30(44)39(19)17-22-23(31(33,34)35)8-5-9-24(22)32/h2-11,25H,12-18,36H2,1H3,(H,42,43). The Morgan fingerprint density at radius 2 is 1.64 bits per heavy atom. The van der Waals surface area contributed by atoms with Gasteiger partial charge in [-0.3, -0.25) is 18.8 Å². The summed E-state index contributed by atoms with van der Waals surface area (Å²) >= 11 is 0. The second-order valence-corrected chi connectivity index (χ2v) is 10.8. The Kier molecular flexibility index (Phi) is 8.98. The van der Waals surface area contributed by atoms with E-state index in [1.165, 1.54) is 13.0 Å². The highest BCUT2D eigenvalue weighted by Gasteiger charge is 2.35. The fraction of sp³-hybridized carbons (Fsp3) is 0.323. The molecule has 0 amide bonds. The van der Waals surface area contributed by atoms with Crippen LogP contribution in [0.1, 0.15) is 44.7 Å². The van der Waals surface area contributed by atoms with E-state index in [0.717, 1.165) is 27.3 Å². The Hall–Kier alpha value is -4.69. The summed E-state index contributed by atoms with van der Waals surface area (Å²) in [4.78, 5) is 42.6. The lowest BCUT2D eigenvalue weighted by atomic mass is 10.1. The molecule has 1 aliphatic heterocycles. The van der Waals surface area contributed by atoms with Crippen LogP contribution in [0, 0.1) is 12.7 Å². The van der Waals surface area contributed by atoms with Crippen molar-refractivity contribution < 1.29 is 31.9 Å². The smallest absolute Gasteiger partial charge is 0.416 e. The number of alkyl halides is 3. The maximum absolute atomic E-state index is 14.9. The quantitative estimate of drug-likeness (QED) is 0.268. The van der Waals surface area contributed by atoms with Crippen LogP contribution in [0.4, 0.5) is 23.2 Å². The Morgan fingerprint density at radius 3 is 2.27 bits per heavy atom. The molecular formula is C31H31F4N5O5. The summed E-state index contributed by atoms with van der Waals surface area (Å²) in [5.74, 6) is -2.04. The van der Waals surface area contributed by atoms with Gasteiger partial charge in [-0.1, -0.05) is 36.4 Å². The van der Waals surface area contributed by atoms with E-state index in [9.17, 15) is 31.9 Å². The van der Waals surface area contributed by atoms with Crippen LogP contribution < -0.4 is 21.9 Å². The third-order valence-electron chi connectivity index (χ3n) is 7.94. The van der Waals surface area contributed by atoms with Gasteiger partial charge in [0.1, 0.15) is 17.3 Å². The molecule has 2 aromatic heterocycles. The van der Waals surface area contributed by atoms with Crippen molar-refractivity contribution in [3.8, 4) is 0 Å². The number of carboxylic acid groups (broad SMARTS) is 1. The fourth-order valence-corrected chi connectivity index (χ4v) is 5.57. The predicted octanol–water partition coefficient (Wildman–Crippen LogP) is 3.84. The number of aromatic carboxylic acids is 1. The molecule has 1 fully saturated rings. The third-order valence-corrected chi connectivity index (χ3v) is 7.94. The molecule has 1 aliphatic rings. The molecule has 3 heterocycles. The minimum atomic E-state index is -4.88. The molecule has 45 heavy (non-hydrogen) atoms. The lowest BCUT2D eigenvalue weighted by Gasteiger charge is -2.36. The van der Waals surface area contributed by atoms with Crippen molar-refractivity contribution >= 4 is 11.7 Å². The summed E-state index contributed by atoms with van der Waals surface area (Å²) < 4.78 is 63.7. The summed E-state index contributed by atoms with van der Waals surface area (Å²) in [5, 5.41) is 9.11. The molecule has 0 saturated carbocycles. The Bertz CT molecular complexity index is 1810. The van der Waals surface area contributed by atoms with Gasteiger partial charge >= 0.3 is 17.8 Å². The SMILES string of the molecule is Cc1c(N2CCN(Cc3ccc(C(=O)O)o3)CC2)c(=O)n(CC(N)c2ccccc2)c(=O)n1Cc1c(F)cccc1C(F)(F)F. The van der Waals surface area contributed by atoms with Crippen LogP contribution in [0.15, 0.2) is 74.7 Å². The first-order valence-corrected chi connectivity index (χ1v) is 14.1. The van der Waals surface area contributed by atoms with Crippen molar-refractivity contribution in [3.05, 3.63) is 121 Å². The van der Waals surface area contributed by atoms with Crippen LogP contribution in [0.25, 0.3) is 0 Å². The number of rotatable bonds is 9. The average molecular weight is 630 g/mol. The van der Waals surface area contributed by atoms with E-state index in [1.54, 1.807) is 41.3 Å². The zero-order chi connectivity index (χ0) is 32.5. The Labute approximate surface area is 254 Å². The average Bonchev–Trinajstić information content (AvgIpc) is 3.48. The maximum atomic E-state index is 14.9. The number of carboxylic acids is 1. The zero-order valence-corrected chi connectivity index (χ0v) is 24.3. The number of aromatic nitrogens is 2. The molecule has 14 heteroatoms. The first kappa shape index (κ1) is 31.7. The van der Waals surface area contributed by atoms with Gasteiger partial charge in [0.25, 0.3) is 5.56 Å². The molecule has 2 aromatic carbocycles. The van der Waals surface area contributed by atoms with E-state index in [2.05, 4.69) is 0 Å². The topological polar surface area (TPSA) is 127 Å². The number of carbonyl (C=O) groups is 1. The van der Waals surface area contributed by atoms with Crippen LogP contribution in [0.3, 0.4) is 0 Å². The van der Waals surface area contributed by atoms with Crippen molar-refractivity contribution in [2.45, 2.75) is 38.8 Å². The van der Waals surface area contributed by atoms with E-state index >= 15 is 0 Å². The van der Waals surface area contributed by atoms with Gasteiger partial charge in [-0.25, -0.2) is 14.0 Å². The van der Waals surface area contributed by atoms with Gasteiger partial charge in [-0.15, -0.1) is 0 Å². The minimum absolute atomic E-state index is 0.0940. The fourth-order valence-electron chi connectivity index (χ4n) is 5.57. The highest BCUT2D eigenvalue weighted by atomic mass is 19.4. The molecule has 1 atom stereocenters. The van der Waals surface area contributed by atoms with Crippen LogP contribution in [-0.2, 0) is 25.8 Å². The number of hydrogen-bond donors (Lipinski definition) is 2. The monoisotopic (exact) mass is 629 g/mol. The summed E-state index contributed by atoms with van der Waals surface area (Å²) in [6.45, 7) is 2.22. The van der Waals surface area contributed by atoms with Gasteiger partial charge in [0.15, 0.2) is 0 Å². The van der Waals surface area contributed by atoms with Gasteiger partial charge in [-0.2, -0.15) is 13.2 Å². The summed E-state index contributed by atoms with van der Waals surface area (Å²) in [5.41, 5.74) is 3.71. The number of hydrogen-bond acceptors (Lipinski definition) is 7. The molecule has 10 nitrogen and oxygen atoms in total. The molecule has 1 saturated heterocycles. The van der Waals surface area contributed by atoms with E-state index < -0.39 is 52.9 Å².